The quantitative estimate of drug-likeness (QED) is 0.783. The average Bonchev–Trinajstić information content (AvgIpc) is 3.08. The van der Waals surface area contributed by atoms with E-state index < -0.39 is 0 Å². The summed E-state index contributed by atoms with van der Waals surface area (Å²) in [6.07, 6.45) is 5.27. The molecular weight excluding hydrogens is 284 g/mol. The first-order chi connectivity index (χ1) is 9.95. The molecule has 1 unspecified atom stereocenters. The molecule has 0 radical (unpaired) electrons. The Morgan fingerprint density at radius 3 is 2.57 bits per heavy atom. The first-order valence-corrected chi connectivity index (χ1v) is 8.46. The molecule has 4 nitrogen and oxygen atoms in total. The molecule has 0 aromatic carbocycles. The van der Waals surface area contributed by atoms with Crippen LogP contribution < -0.4 is 0 Å². The van der Waals surface area contributed by atoms with E-state index in [1.807, 2.05) is 13.8 Å². The molecule has 1 atom stereocenters. The molecule has 0 bridgehead atoms. The lowest BCUT2D eigenvalue weighted by Gasteiger charge is -2.26. The largest absolute Gasteiger partial charge is 0.311 e. The van der Waals surface area contributed by atoms with Gasteiger partial charge in [0.25, 0.3) is 0 Å². The van der Waals surface area contributed by atoms with Gasteiger partial charge in [-0.3, -0.25) is 0 Å². The molecule has 0 saturated heterocycles. The second kappa shape index (κ2) is 5.31. The van der Waals surface area contributed by atoms with Crippen molar-refractivity contribution in [3.05, 3.63) is 11.5 Å². The van der Waals surface area contributed by atoms with E-state index in [2.05, 4.69) is 28.2 Å². The fourth-order valence-electron chi connectivity index (χ4n) is 3.69. The molecule has 1 saturated carbocycles. The molecule has 5 heteroatoms. The van der Waals surface area contributed by atoms with Crippen molar-refractivity contribution in [2.75, 3.05) is 0 Å². The van der Waals surface area contributed by atoms with Gasteiger partial charge in [-0.15, -0.1) is 11.6 Å². The van der Waals surface area contributed by atoms with E-state index >= 15 is 0 Å². The van der Waals surface area contributed by atoms with Crippen LogP contribution in [0.5, 0.6) is 0 Å². The Morgan fingerprint density at radius 2 is 2.00 bits per heavy atom. The van der Waals surface area contributed by atoms with Gasteiger partial charge in [0.05, 0.1) is 11.1 Å². The molecule has 2 aromatic heterocycles. The predicted octanol–water partition coefficient (Wildman–Crippen LogP) is 4.44. The number of nitrogens with zero attached hydrogens (tertiary/aromatic N) is 4. The summed E-state index contributed by atoms with van der Waals surface area (Å²) >= 11 is 6.40. The van der Waals surface area contributed by atoms with Crippen molar-refractivity contribution in [2.45, 2.75) is 71.8 Å². The molecule has 3 rings (SSSR count). The van der Waals surface area contributed by atoms with Crippen LogP contribution in [0.25, 0.3) is 11.2 Å². The maximum Gasteiger partial charge on any atom is 0.158 e. The Bertz CT molecular complexity index is 647. The second-order valence-corrected chi connectivity index (χ2v) is 7.42. The van der Waals surface area contributed by atoms with E-state index in [1.54, 1.807) is 0 Å². The van der Waals surface area contributed by atoms with Gasteiger partial charge in [0.1, 0.15) is 11.3 Å². The normalized spacial score (nSPS) is 19.5. The Kier molecular flexibility index (Phi) is 3.76. The fraction of sp³-hybridized carbons (Fsp3) is 0.750. The standard InChI is InChI=1S/C16H25ClN4/c1-5-21-15-13(12(3)19-21)18-14(11(2)17)20(15)10-16(4)8-6-7-9-16/h11H,5-10H2,1-4H3. The second-order valence-electron chi connectivity index (χ2n) is 6.76. The van der Waals surface area contributed by atoms with Gasteiger partial charge in [-0.05, 0) is 39.0 Å². The van der Waals surface area contributed by atoms with Crippen LogP contribution >= 0.6 is 11.6 Å². The van der Waals surface area contributed by atoms with Crippen LogP contribution in [0.2, 0.25) is 0 Å². The molecule has 1 aliphatic rings. The Labute approximate surface area is 131 Å². The summed E-state index contributed by atoms with van der Waals surface area (Å²) in [6.45, 7) is 10.4. The van der Waals surface area contributed by atoms with Gasteiger partial charge in [-0.25, -0.2) is 9.67 Å². The van der Waals surface area contributed by atoms with E-state index in [0.29, 0.717) is 5.41 Å². The minimum absolute atomic E-state index is 0.0768. The molecule has 1 aliphatic carbocycles. The summed E-state index contributed by atoms with van der Waals surface area (Å²) in [6, 6.07) is 0. The lowest BCUT2D eigenvalue weighted by Crippen LogP contribution is -2.22. The van der Waals surface area contributed by atoms with Gasteiger partial charge >= 0.3 is 0 Å². The summed E-state index contributed by atoms with van der Waals surface area (Å²) in [4.78, 5) is 4.80. The SMILES string of the molecule is CCn1nc(C)c2nc(C(C)Cl)n(CC3(C)CCCC3)c21. The number of hydrogen-bond donors (Lipinski definition) is 0. The molecule has 0 amide bonds. The summed E-state index contributed by atoms with van der Waals surface area (Å²) in [5, 5.41) is 4.54. The van der Waals surface area contributed by atoms with Crippen LogP contribution in [0, 0.1) is 12.3 Å². The Balaban J connectivity index is 2.15. The van der Waals surface area contributed by atoms with Crippen LogP contribution in [0.15, 0.2) is 0 Å². The topological polar surface area (TPSA) is 35.6 Å². The van der Waals surface area contributed by atoms with Crippen molar-refractivity contribution >= 4 is 22.8 Å². The number of hydrogen-bond acceptors (Lipinski definition) is 2. The third-order valence-electron chi connectivity index (χ3n) is 4.83. The fourth-order valence-corrected chi connectivity index (χ4v) is 3.86. The zero-order chi connectivity index (χ0) is 15.2. The van der Waals surface area contributed by atoms with Crippen molar-refractivity contribution < 1.29 is 0 Å². The third kappa shape index (κ3) is 2.48. The molecule has 2 aromatic rings. The lowest BCUT2D eigenvalue weighted by atomic mass is 9.89. The molecule has 21 heavy (non-hydrogen) atoms. The number of alkyl halides is 1. The van der Waals surface area contributed by atoms with Crippen LogP contribution in [0.4, 0.5) is 0 Å². The lowest BCUT2D eigenvalue weighted by molar-refractivity contribution is 0.279. The highest BCUT2D eigenvalue weighted by Crippen LogP contribution is 2.40. The smallest absolute Gasteiger partial charge is 0.158 e. The highest BCUT2D eigenvalue weighted by molar-refractivity contribution is 6.20. The predicted molar refractivity (Wildman–Crippen MR) is 86.8 cm³/mol. The summed E-state index contributed by atoms with van der Waals surface area (Å²) in [5.74, 6) is 0.988. The minimum Gasteiger partial charge on any atom is -0.311 e. The van der Waals surface area contributed by atoms with E-state index in [4.69, 9.17) is 16.6 Å². The summed E-state index contributed by atoms with van der Waals surface area (Å²) in [7, 11) is 0. The van der Waals surface area contributed by atoms with E-state index in [0.717, 1.165) is 35.8 Å². The maximum atomic E-state index is 6.40. The molecule has 2 heterocycles. The van der Waals surface area contributed by atoms with Crippen LogP contribution in [0.3, 0.4) is 0 Å². The van der Waals surface area contributed by atoms with Crippen molar-refractivity contribution in [3.63, 3.8) is 0 Å². The molecule has 0 N–H and O–H groups in total. The zero-order valence-electron chi connectivity index (χ0n) is 13.5. The first-order valence-electron chi connectivity index (χ1n) is 8.03. The Hall–Kier alpha value is -1.03. The maximum absolute atomic E-state index is 6.40. The van der Waals surface area contributed by atoms with Crippen LogP contribution in [-0.2, 0) is 13.1 Å². The molecule has 1 fully saturated rings. The van der Waals surface area contributed by atoms with E-state index in [-0.39, 0.29) is 5.38 Å². The van der Waals surface area contributed by atoms with Gasteiger partial charge in [0.2, 0.25) is 0 Å². The van der Waals surface area contributed by atoms with E-state index in [1.165, 1.54) is 25.7 Å². The molecule has 0 spiro atoms. The number of fused-ring (bicyclic) bond motifs is 1. The first kappa shape index (κ1) is 14.9. The third-order valence-corrected chi connectivity index (χ3v) is 5.03. The highest BCUT2D eigenvalue weighted by Gasteiger charge is 2.32. The molecular formula is C16H25ClN4. The number of aromatic nitrogens is 4. The van der Waals surface area contributed by atoms with Crippen molar-refractivity contribution in [1.82, 2.24) is 19.3 Å². The van der Waals surface area contributed by atoms with Crippen molar-refractivity contribution in [1.29, 1.82) is 0 Å². The van der Waals surface area contributed by atoms with Gasteiger partial charge in [-0.1, -0.05) is 19.8 Å². The van der Waals surface area contributed by atoms with Gasteiger partial charge in [-0.2, -0.15) is 5.10 Å². The summed E-state index contributed by atoms with van der Waals surface area (Å²) in [5.41, 5.74) is 3.53. The van der Waals surface area contributed by atoms with Crippen molar-refractivity contribution in [3.8, 4) is 0 Å². The zero-order valence-corrected chi connectivity index (χ0v) is 14.2. The average molecular weight is 309 g/mol. The van der Waals surface area contributed by atoms with Gasteiger partial charge in [0, 0.05) is 13.1 Å². The Morgan fingerprint density at radius 1 is 1.33 bits per heavy atom. The minimum atomic E-state index is -0.0768. The number of halogens is 1. The van der Waals surface area contributed by atoms with Gasteiger partial charge < -0.3 is 4.57 Å². The highest BCUT2D eigenvalue weighted by atomic mass is 35.5. The number of aryl methyl sites for hydroxylation is 2. The molecule has 0 aliphatic heterocycles. The summed E-state index contributed by atoms with van der Waals surface area (Å²) < 4.78 is 4.40. The van der Waals surface area contributed by atoms with Crippen LogP contribution in [-0.4, -0.2) is 19.3 Å². The van der Waals surface area contributed by atoms with E-state index in [9.17, 15) is 0 Å². The number of rotatable bonds is 4. The van der Waals surface area contributed by atoms with Crippen molar-refractivity contribution in [2.24, 2.45) is 5.41 Å². The monoisotopic (exact) mass is 308 g/mol. The van der Waals surface area contributed by atoms with Crippen LogP contribution in [0.1, 0.15) is 63.3 Å². The van der Waals surface area contributed by atoms with Gasteiger partial charge in [0.15, 0.2) is 5.65 Å². The number of imidazole rings is 1. The molecule has 116 valence electrons.